The Kier molecular flexibility index (Phi) is 4.25. The number of rotatable bonds is 4. The van der Waals surface area contributed by atoms with E-state index in [2.05, 4.69) is 16.2 Å². The molecule has 7 heteroatoms. The molecule has 0 bridgehead atoms. The van der Waals surface area contributed by atoms with Gasteiger partial charge in [0.25, 0.3) is 5.89 Å². The van der Waals surface area contributed by atoms with Crippen LogP contribution in [0.1, 0.15) is 11.4 Å². The van der Waals surface area contributed by atoms with Gasteiger partial charge in [0.1, 0.15) is 10.9 Å². The Hall–Kier alpha value is -1.81. The van der Waals surface area contributed by atoms with E-state index in [9.17, 15) is 0 Å². The fourth-order valence-corrected chi connectivity index (χ4v) is 3.28. The Labute approximate surface area is 134 Å². The third-order valence-electron chi connectivity index (χ3n) is 2.63. The van der Waals surface area contributed by atoms with Gasteiger partial charge >= 0.3 is 0 Å². The topological polar surface area (TPSA) is 62.7 Å². The van der Waals surface area contributed by atoms with Crippen molar-refractivity contribution >= 4 is 34.7 Å². The van der Waals surface area contributed by atoms with Crippen LogP contribution in [0, 0.1) is 11.3 Å². The van der Waals surface area contributed by atoms with Crippen LogP contribution in [0.5, 0.6) is 0 Å². The van der Waals surface area contributed by atoms with Crippen LogP contribution in [0.3, 0.4) is 0 Å². The van der Waals surface area contributed by atoms with Crippen LogP contribution in [0.4, 0.5) is 0 Å². The predicted octanol–water partition coefficient (Wildman–Crippen LogP) is 4.62. The highest BCUT2D eigenvalue weighted by Gasteiger charge is 2.14. The lowest BCUT2D eigenvalue weighted by molar-refractivity contribution is 0.426. The molecule has 4 nitrogen and oxygen atoms in total. The summed E-state index contributed by atoms with van der Waals surface area (Å²) in [6.45, 7) is 0. The number of benzene rings is 1. The molecule has 0 unspecified atom stereocenters. The smallest absolute Gasteiger partial charge is 0.269 e. The minimum absolute atomic E-state index is 0.397. The molecule has 2 heterocycles. The highest BCUT2D eigenvalue weighted by molar-refractivity contribution is 7.98. The summed E-state index contributed by atoms with van der Waals surface area (Å²) in [5, 5.41) is 15.5. The molecule has 0 saturated carbocycles. The summed E-state index contributed by atoms with van der Waals surface area (Å²) in [5.41, 5.74) is 0.556. The van der Waals surface area contributed by atoms with Gasteiger partial charge in [-0.15, -0.1) is 23.1 Å². The van der Waals surface area contributed by atoms with Gasteiger partial charge in [-0.25, -0.2) is 0 Å². The van der Waals surface area contributed by atoms with Crippen LogP contribution >= 0.6 is 34.7 Å². The van der Waals surface area contributed by atoms with Crippen LogP contribution in [-0.2, 0) is 5.75 Å². The van der Waals surface area contributed by atoms with Crippen LogP contribution in [0.15, 0.2) is 45.1 Å². The molecule has 0 radical (unpaired) electrons. The van der Waals surface area contributed by atoms with E-state index in [0.29, 0.717) is 32.9 Å². The Bertz CT molecular complexity index is 789. The number of nitriles is 1. The molecule has 0 aliphatic rings. The van der Waals surface area contributed by atoms with Gasteiger partial charge in [0, 0.05) is 9.92 Å². The SMILES string of the molecule is N#Cc1ccsc1-c1nc(CSc2ccc(Cl)cc2)no1. The zero-order valence-electron chi connectivity index (χ0n) is 10.6. The number of nitrogens with zero attached hydrogens (tertiary/aromatic N) is 3. The first-order valence-electron chi connectivity index (χ1n) is 5.95. The standard InChI is InChI=1S/C14H8ClN3OS2/c15-10-1-3-11(4-2-10)21-8-12-17-14(19-18-12)13-9(7-16)5-6-20-13/h1-6H,8H2. The second-order valence-electron chi connectivity index (χ2n) is 4.03. The Morgan fingerprint density at radius 3 is 2.86 bits per heavy atom. The third-order valence-corrected chi connectivity index (χ3v) is 4.79. The van der Waals surface area contributed by atoms with Gasteiger partial charge in [-0.3, -0.25) is 0 Å². The van der Waals surface area contributed by atoms with E-state index in [1.165, 1.54) is 11.3 Å². The summed E-state index contributed by atoms with van der Waals surface area (Å²) in [6, 6.07) is 11.4. The number of aromatic nitrogens is 2. The highest BCUT2D eigenvalue weighted by atomic mass is 35.5. The first-order chi connectivity index (χ1) is 10.3. The van der Waals surface area contributed by atoms with Gasteiger partial charge in [0.15, 0.2) is 5.82 Å². The lowest BCUT2D eigenvalue weighted by atomic mass is 10.3. The molecule has 2 aromatic heterocycles. The fraction of sp³-hybridized carbons (Fsp3) is 0.0714. The predicted molar refractivity (Wildman–Crippen MR) is 83.3 cm³/mol. The summed E-state index contributed by atoms with van der Waals surface area (Å²) in [5.74, 6) is 1.59. The average Bonchev–Trinajstić information content (AvgIpc) is 3.15. The number of hydrogen-bond acceptors (Lipinski definition) is 6. The van der Waals surface area contributed by atoms with Gasteiger partial charge in [0.05, 0.1) is 11.3 Å². The van der Waals surface area contributed by atoms with Crippen LogP contribution < -0.4 is 0 Å². The molecule has 0 fully saturated rings. The van der Waals surface area contributed by atoms with Gasteiger partial charge in [-0.05, 0) is 35.7 Å². The summed E-state index contributed by atoms with van der Waals surface area (Å²) in [7, 11) is 0. The third kappa shape index (κ3) is 3.27. The Morgan fingerprint density at radius 2 is 2.10 bits per heavy atom. The maximum Gasteiger partial charge on any atom is 0.269 e. The van der Waals surface area contributed by atoms with Crippen molar-refractivity contribution in [3.63, 3.8) is 0 Å². The number of thioether (sulfide) groups is 1. The van der Waals surface area contributed by atoms with E-state index in [-0.39, 0.29) is 0 Å². The van der Waals surface area contributed by atoms with Gasteiger partial charge < -0.3 is 4.52 Å². The first kappa shape index (κ1) is 14.1. The van der Waals surface area contributed by atoms with E-state index in [1.807, 2.05) is 29.6 Å². The molecular formula is C14H8ClN3OS2. The highest BCUT2D eigenvalue weighted by Crippen LogP contribution is 2.29. The molecule has 0 spiro atoms. The van der Waals surface area contributed by atoms with E-state index in [4.69, 9.17) is 21.4 Å². The molecule has 1 aromatic carbocycles. The van der Waals surface area contributed by atoms with Crippen molar-refractivity contribution in [2.45, 2.75) is 10.6 Å². The molecule has 3 aromatic rings. The van der Waals surface area contributed by atoms with Crippen LogP contribution in [0.2, 0.25) is 5.02 Å². The van der Waals surface area contributed by atoms with Crippen molar-refractivity contribution in [3.8, 4) is 16.8 Å². The van der Waals surface area contributed by atoms with Gasteiger partial charge in [0.2, 0.25) is 0 Å². The van der Waals surface area contributed by atoms with Crippen molar-refractivity contribution in [2.24, 2.45) is 0 Å². The monoisotopic (exact) mass is 333 g/mol. The second-order valence-corrected chi connectivity index (χ2v) is 6.43. The van der Waals surface area contributed by atoms with Crippen molar-refractivity contribution in [2.75, 3.05) is 0 Å². The van der Waals surface area contributed by atoms with E-state index >= 15 is 0 Å². The quantitative estimate of drug-likeness (QED) is 0.652. The number of hydrogen-bond donors (Lipinski definition) is 0. The molecule has 0 aliphatic carbocycles. The lowest BCUT2D eigenvalue weighted by Crippen LogP contribution is -1.84. The minimum atomic E-state index is 0.397. The zero-order chi connectivity index (χ0) is 14.7. The number of halogens is 1. The van der Waals surface area contributed by atoms with Gasteiger partial charge in [-0.1, -0.05) is 16.8 Å². The largest absolute Gasteiger partial charge is 0.333 e. The molecule has 0 aliphatic heterocycles. The molecule has 0 amide bonds. The zero-order valence-corrected chi connectivity index (χ0v) is 13.0. The molecular weight excluding hydrogens is 326 g/mol. The van der Waals surface area contributed by atoms with E-state index < -0.39 is 0 Å². The molecule has 21 heavy (non-hydrogen) atoms. The summed E-state index contributed by atoms with van der Waals surface area (Å²) < 4.78 is 5.22. The van der Waals surface area contributed by atoms with Gasteiger partial charge in [-0.2, -0.15) is 10.2 Å². The average molecular weight is 334 g/mol. The molecule has 0 N–H and O–H groups in total. The maximum absolute atomic E-state index is 9.00. The fourth-order valence-electron chi connectivity index (χ4n) is 1.65. The Balaban J connectivity index is 1.71. The summed E-state index contributed by atoms with van der Waals surface area (Å²) in [6.07, 6.45) is 0. The van der Waals surface area contributed by atoms with Crippen LogP contribution in [0.25, 0.3) is 10.8 Å². The number of thiophene rings is 1. The van der Waals surface area contributed by atoms with Crippen molar-refractivity contribution < 1.29 is 4.52 Å². The van der Waals surface area contributed by atoms with Crippen molar-refractivity contribution in [3.05, 3.63) is 52.1 Å². The van der Waals surface area contributed by atoms with Crippen molar-refractivity contribution in [1.29, 1.82) is 5.26 Å². The van der Waals surface area contributed by atoms with Crippen molar-refractivity contribution in [1.82, 2.24) is 10.1 Å². The molecule has 0 atom stereocenters. The van der Waals surface area contributed by atoms with Crippen LogP contribution in [-0.4, -0.2) is 10.1 Å². The minimum Gasteiger partial charge on any atom is -0.333 e. The second kappa shape index (κ2) is 6.31. The first-order valence-corrected chi connectivity index (χ1v) is 8.19. The molecule has 0 saturated heterocycles. The van der Waals surface area contributed by atoms with E-state index in [0.717, 1.165) is 4.90 Å². The summed E-state index contributed by atoms with van der Waals surface area (Å²) >= 11 is 8.86. The lowest BCUT2D eigenvalue weighted by Gasteiger charge is -1.97. The molecule has 3 rings (SSSR count). The Morgan fingerprint density at radius 1 is 1.29 bits per heavy atom. The maximum atomic E-state index is 9.00. The molecule has 104 valence electrons. The van der Waals surface area contributed by atoms with E-state index in [1.54, 1.807) is 17.8 Å². The summed E-state index contributed by atoms with van der Waals surface area (Å²) in [4.78, 5) is 6.13. The normalized spacial score (nSPS) is 10.5.